The van der Waals surface area contributed by atoms with Gasteiger partial charge in [0, 0.05) is 0 Å². The molecule has 1 heterocycles. The maximum atomic E-state index is 12.7. The normalized spacial score (nSPS) is 11.6. The lowest BCUT2D eigenvalue weighted by atomic mass is 10.2. The van der Waals surface area contributed by atoms with Crippen LogP contribution in [0.5, 0.6) is 5.88 Å². The number of nitrogens with zero attached hydrogens (tertiary/aromatic N) is 2. The number of hydrogen-bond donors (Lipinski definition) is 0. The number of aryl methyl sites for hydroxylation is 1. The smallest absolute Gasteiger partial charge is 0.340 e. The Morgan fingerprint density at radius 2 is 1.56 bits per heavy atom. The fourth-order valence-corrected chi connectivity index (χ4v) is 3.79. The van der Waals surface area contributed by atoms with Crippen LogP contribution in [-0.4, -0.2) is 18.2 Å². The maximum Gasteiger partial charge on any atom is 0.340 e. The lowest BCUT2D eigenvalue weighted by Gasteiger charge is -2.05. The van der Waals surface area contributed by atoms with E-state index in [4.69, 9.17) is 4.18 Å². The number of rotatable bonds is 5. The highest BCUT2D eigenvalue weighted by molar-refractivity contribution is 7.87. The van der Waals surface area contributed by atoms with Gasteiger partial charge in [0.2, 0.25) is 0 Å². The third-order valence-corrected chi connectivity index (χ3v) is 5.52. The quantitative estimate of drug-likeness (QED) is 0.489. The Morgan fingerprint density at radius 3 is 2.30 bits per heavy atom. The van der Waals surface area contributed by atoms with Crippen LogP contribution in [-0.2, 0) is 16.7 Å². The molecule has 0 aliphatic carbocycles. The van der Waals surface area contributed by atoms with Gasteiger partial charge in [-0.15, -0.1) is 5.10 Å². The SMILES string of the molecule is Cc1ccc(S(=O)(=O)Oc2nn(Cc3ccccc3)c3ccccc23)cc1. The second kappa shape index (κ2) is 6.89. The average Bonchev–Trinajstić information content (AvgIpc) is 3.00. The summed E-state index contributed by atoms with van der Waals surface area (Å²) in [6, 6.07) is 23.9. The molecular weight excluding hydrogens is 360 g/mol. The van der Waals surface area contributed by atoms with E-state index in [0.717, 1.165) is 16.6 Å². The molecule has 0 amide bonds. The Bertz CT molecular complexity index is 1180. The van der Waals surface area contributed by atoms with Crippen molar-refractivity contribution >= 4 is 21.0 Å². The number of para-hydroxylation sites is 1. The van der Waals surface area contributed by atoms with E-state index >= 15 is 0 Å². The van der Waals surface area contributed by atoms with Crippen LogP contribution in [0, 0.1) is 6.92 Å². The summed E-state index contributed by atoms with van der Waals surface area (Å²) in [5.41, 5.74) is 2.86. The van der Waals surface area contributed by atoms with Crippen molar-refractivity contribution in [2.24, 2.45) is 0 Å². The molecule has 0 atom stereocenters. The van der Waals surface area contributed by atoms with E-state index in [0.29, 0.717) is 11.9 Å². The molecule has 0 aliphatic heterocycles. The molecule has 5 nitrogen and oxygen atoms in total. The monoisotopic (exact) mass is 378 g/mol. The highest BCUT2D eigenvalue weighted by atomic mass is 32.2. The first-order valence-electron chi connectivity index (χ1n) is 8.53. The molecule has 0 saturated heterocycles. The minimum absolute atomic E-state index is 0.0853. The molecule has 0 spiro atoms. The van der Waals surface area contributed by atoms with Crippen molar-refractivity contribution in [3.63, 3.8) is 0 Å². The van der Waals surface area contributed by atoms with Crippen molar-refractivity contribution in [1.29, 1.82) is 0 Å². The van der Waals surface area contributed by atoms with Crippen molar-refractivity contribution in [2.75, 3.05) is 0 Å². The number of hydrogen-bond acceptors (Lipinski definition) is 4. The topological polar surface area (TPSA) is 61.2 Å². The zero-order valence-electron chi connectivity index (χ0n) is 14.7. The molecule has 6 heteroatoms. The largest absolute Gasteiger partial charge is 0.356 e. The van der Waals surface area contributed by atoms with E-state index < -0.39 is 10.1 Å². The molecule has 1 aromatic heterocycles. The fraction of sp³-hybridized carbons (Fsp3) is 0.0952. The minimum Gasteiger partial charge on any atom is -0.356 e. The summed E-state index contributed by atoms with van der Waals surface area (Å²) >= 11 is 0. The van der Waals surface area contributed by atoms with E-state index in [1.165, 1.54) is 12.1 Å². The summed E-state index contributed by atoms with van der Waals surface area (Å²) in [6.45, 7) is 2.42. The third kappa shape index (κ3) is 3.57. The van der Waals surface area contributed by atoms with Crippen LogP contribution in [0.2, 0.25) is 0 Å². The van der Waals surface area contributed by atoms with E-state index in [9.17, 15) is 8.42 Å². The first kappa shape index (κ1) is 17.3. The molecule has 136 valence electrons. The summed E-state index contributed by atoms with van der Waals surface area (Å²) in [4.78, 5) is 0.106. The highest BCUT2D eigenvalue weighted by Gasteiger charge is 2.21. The summed E-state index contributed by atoms with van der Waals surface area (Å²) in [5.74, 6) is 0.0853. The van der Waals surface area contributed by atoms with Crippen LogP contribution < -0.4 is 4.18 Å². The second-order valence-electron chi connectivity index (χ2n) is 6.32. The lowest BCUT2D eigenvalue weighted by molar-refractivity contribution is 0.471. The van der Waals surface area contributed by atoms with Crippen molar-refractivity contribution in [3.05, 3.63) is 90.0 Å². The van der Waals surface area contributed by atoms with Crippen LogP contribution >= 0.6 is 0 Å². The zero-order chi connectivity index (χ0) is 18.9. The lowest BCUT2D eigenvalue weighted by Crippen LogP contribution is -2.10. The summed E-state index contributed by atoms with van der Waals surface area (Å²) in [6.07, 6.45) is 0. The van der Waals surface area contributed by atoms with Crippen molar-refractivity contribution in [1.82, 2.24) is 9.78 Å². The molecule has 0 bridgehead atoms. The predicted molar refractivity (Wildman–Crippen MR) is 104 cm³/mol. The molecule has 0 saturated carbocycles. The Morgan fingerprint density at radius 1 is 0.889 bits per heavy atom. The third-order valence-electron chi connectivity index (χ3n) is 4.30. The zero-order valence-corrected chi connectivity index (χ0v) is 15.6. The molecule has 0 unspecified atom stereocenters. The van der Waals surface area contributed by atoms with Crippen molar-refractivity contribution in [2.45, 2.75) is 18.4 Å². The molecule has 0 fully saturated rings. The Labute approximate surface area is 158 Å². The summed E-state index contributed by atoms with van der Waals surface area (Å²) < 4.78 is 32.5. The first-order valence-corrected chi connectivity index (χ1v) is 9.94. The van der Waals surface area contributed by atoms with Gasteiger partial charge in [0.15, 0.2) is 0 Å². The van der Waals surface area contributed by atoms with E-state index in [-0.39, 0.29) is 10.8 Å². The summed E-state index contributed by atoms with van der Waals surface area (Å²) in [7, 11) is -3.96. The van der Waals surface area contributed by atoms with Crippen molar-refractivity contribution in [3.8, 4) is 5.88 Å². The van der Waals surface area contributed by atoms with Gasteiger partial charge in [-0.3, -0.25) is 4.68 Å². The molecule has 0 aliphatic rings. The van der Waals surface area contributed by atoms with Crippen LogP contribution in [0.1, 0.15) is 11.1 Å². The Balaban J connectivity index is 1.73. The van der Waals surface area contributed by atoms with Crippen molar-refractivity contribution < 1.29 is 12.6 Å². The van der Waals surface area contributed by atoms with Gasteiger partial charge >= 0.3 is 10.1 Å². The van der Waals surface area contributed by atoms with Gasteiger partial charge in [-0.1, -0.05) is 60.2 Å². The number of benzene rings is 3. The van der Waals surface area contributed by atoms with Crippen LogP contribution in [0.4, 0.5) is 0 Å². The minimum atomic E-state index is -3.96. The van der Waals surface area contributed by atoms with Gasteiger partial charge in [0.05, 0.1) is 17.4 Å². The van der Waals surface area contributed by atoms with Crippen LogP contribution in [0.3, 0.4) is 0 Å². The molecule has 4 aromatic rings. The average molecular weight is 378 g/mol. The van der Waals surface area contributed by atoms with Gasteiger partial charge in [-0.05, 0) is 36.8 Å². The van der Waals surface area contributed by atoms with Gasteiger partial charge < -0.3 is 4.18 Å². The van der Waals surface area contributed by atoms with Crippen LogP contribution in [0.25, 0.3) is 10.9 Å². The molecule has 4 rings (SSSR count). The highest BCUT2D eigenvalue weighted by Crippen LogP contribution is 2.28. The van der Waals surface area contributed by atoms with Gasteiger partial charge in [-0.2, -0.15) is 8.42 Å². The first-order chi connectivity index (χ1) is 13.0. The summed E-state index contributed by atoms with van der Waals surface area (Å²) in [5, 5.41) is 5.08. The van der Waals surface area contributed by atoms with Gasteiger partial charge in [-0.25, -0.2) is 0 Å². The van der Waals surface area contributed by atoms with E-state index in [1.807, 2.05) is 61.5 Å². The maximum absolute atomic E-state index is 12.7. The molecular formula is C21H18N2O3S. The number of fused-ring (bicyclic) bond motifs is 1. The van der Waals surface area contributed by atoms with Gasteiger partial charge in [0.1, 0.15) is 4.90 Å². The van der Waals surface area contributed by atoms with Gasteiger partial charge in [0.25, 0.3) is 5.88 Å². The Kier molecular flexibility index (Phi) is 4.41. The molecule has 27 heavy (non-hydrogen) atoms. The van der Waals surface area contributed by atoms with Crippen LogP contribution in [0.15, 0.2) is 83.8 Å². The second-order valence-corrected chi connectivity index (χ2v) is 7.86. The number of aromatic nitrogens is 2. The molecule has 0 radical (unpaired) electrons. The van der Waals surface area contributed by atoms with E-state index in [2.05, 4.69) is 5.10 Å². The Hall–Kier alpha value is -3.12. The standard InChI is InChI=1S/C21H18N2O3S/c1-16-11-13-18(14-12-16)27(24,25)26-21-19-9-5-6-10-20(19)23(22-21)15-17-7-3-2-4-8-17/h2-14H,15H2,1H3. The molecule has 0 N–H and O–H groups in total. The fourth-order valence-electron chi connectivity index (χ4n) is 2.89. The van der Waals surface area contributed by atoms with E-state index in [1.54, 1.807) is 16.8 Å². The molecule has 3 aromatic carbocycles. The predicted octanol–water partition coefficient (Wildman–Crippen LogP) is 4.16.